The molecule has 1 unspecified atom stereocenters. The first-order chi connectivity index (χ1) is 19.9. The largest absolute Gasteiger partial charge is 0.496 e. The number of ether oxygens (including phenoxy) is 1. The Morgan fingerprint density at radius 3 is 2.48 bits per heavy atom. The van der Waals surface area contributed by atoms with Gasteiger partial charge in [0.15, 0.2) is 0 Å². The number of allylic oxidation sites excluding steroid dienone is 3. The first kappa shape index (κ1) is 34.5. The summed E-state index contributed by atoms with van der Waals surface area (Å²) in [4.78, 5) is 29.2. The molecule has 1 atom stereocenters. The lowest BCUT2D eigenvalue weighted by Gasteiger charge is -2.31. The number of carbonyl (C=O) groups excluding carboxylic acids is 2. The van der Waals surface area contributed by atoms with Crippen molar-refractivity contribution in [1.29, 1.82) is 10.8 Å². The number of nitrogens with zero attached hydrogens (tertiary/aromatic N) is 2. The van der Waals surface area contributed by atoms with E-state index in [0.29, 0.717) is 73.2 Å². The molecule has 4 N–H and O–H groups in total. The van der Waals surface area contributed by atoms with Crippen molar-refractivity contribution in [2.75, 3.05) is 20.2 Å². The van der Waals surface area contributed by atoms with Crippen LogP contribution in [0.1, 0.15) is 88.2 Å². The van der Waals surface area contributed by atoms with Crippen LogP contribution in [0.2, 0.25) is 0 Å². The molecule has 2 amide bonds. The number of nitrogens with one attached hydrogen (secondary N) is 3. The summed E-state index contributed by atoms with van der Waals surface area (Å²) >= 11 is 0. The molecule has 0 bridgehead atoms. The van der Waals surface area contributed by atoms with Crippen molar-refractivity contribution < 1.29 is 19.4 Å². The van der Waals surface area contributed by atoms with Crippen LogP contribution in [0.15, 0.2) is 48.2 Å². The van der Waals surface area contributed by atoms with Crippen molar-refractivity contribution >= 4 is 23.5 Å². The fourth-order valence-corrected chi connectivity index (χ4v) is 4.81. The Morgan fingerprint density at radius 2 is 1.86 bits per heavy atom. The Bertz CT molecular complexity index is 1220. The molecule has 1 fully saturated rings. The van der Waals surface area contributed by atoms with Gasteiger partial charge in [0.2, 0.25) is 0 Å². The van der Waals surface area contributed by atoms with Crippen LogP contribution in [0.25, 0.3) is 0 Å². The minimum atomic E-state index is -1.03. The average molecular weight is 580 g/mol. The van der Waals surface area contributed by atoms with Crippen LogP contribution in [0.5, 0.6) is 5.75 Å². The molecular formula is C33H49N5O4. The summed E-state index contributed by atoms with van der Waals surface area (Å²) in [5.74, 6) is 0.750. The Balaban J connectivity index is 0.00000197. The summed E-state index contributed by atoms with van der Waals surface area (Å²) in [6.45, 7) is 15.4. The van der Waals surface area contributed by atoms with Gasteiger partial charge in [-0.3, -0.25) is 20.4 Å². The number of amidine groups is 2. The quantitative estimate of drug-likeness (QED) is 0.172. The third-order valence-electron chi connectivity index (χ3n) is 7.00. The van der Waals surface area contributed by atoms with Crippen molar-refractivity contribution in [1.82, 2.24) is 15.1 Å². The summed E-state index contributed by atoms with van der Waals surface area (Å²) in [6, 6.07) is 3.58. The van der Waals surface area contributed by atoms with E-state index in [9.17, 15) is 14.7 Å². The van der Waals surface area contributed by atoms with Crippen molar-refractivity contribution in [2.24, 2.45) is 5.92 Å². The predicted molar refractivity (Wildman–Crippen MR) is 169 cm³/mol. The zero-order valence-electron chi connectivity index (χ0n) is 26.2. The van der Waals surface area contributed by atoms with E-state index in [1.807, 2.05) is 26.8 Å². The molecule has 1 aromatic carbocycles. The first-order valence-corrected chi connectivity index (χ1v) is 14.9. The van der Waals surface area contributed by atoms with Crippen LogP contribution in [0, 0.1) is 16.7 Å². The van der Waals surface area contributed by atoms with E-state index >= 15 is 0 Å². The number of piperidine rings is 1. The Hall–Kier alpha value is -3.72. The number of rotatable bonds is 9. The number of likely N-dealkylation sites (tertiary alicyclic amines) is 1. The fourth-order valence-electron chi connectivity index (χ4n) is 4.81. The van der Waals surface area contributed by atoms with Gasteiger partial charge in [0.25, 0.3) is 11.8 Å². The molecule has 3 rings (SSSR count). The molecule has 42 heavy (non-hydrogen) atoms. The summed E-state index contributed by atoms with van der Waals surface area (Å²) in [5, 5.41) is 29.5. The van der Waals surface area contributed by atoms with Gasteiger partial charge >= 0.3 is 0 Å². The SMILES string of the molecule is C=C(/C=C\C=C(/C)C(=N)N1CCCCC1=N)NC(=O)c1cc2c(cc1OC)CCN(C(=O)C(O)CC(C)C)C2.CCC. The minimum absolute atomic E-state index is 0.207. The number of carbonyl (C=O) groups is 2. The molecule has 1 saturated heterocycles. The molecule has 2 heterocycles. The minimum Gasteiger partial charge on any atom is -0.496 e. The van der Waals surface area contributed by atoms with Gasteiger partial charge in [-0.05, 0) is 73.4 Å². The molecule has 2 aliphatic rings. The topological polar surface area (TPSA) is 130 Å². The molecule has 9 nitrogen and oxygen atoms in total. The standard InChI is InChI=1S/C30H41N5O4.C3H8/c1-19(2)15-25(36)30(38)34-14-12-22-17-26(39-5)24(16-23(22)18-34)29(37)33-21(4)10-8-9-20(3)28(32)35-13-7-6-11-27(35)31;1-3-2/h8-10,16-17,19,25,31-32,36H,4,6-7,11-15,18H2,1-3,5H3,(H,33,37);3H2,1-2H3/b10-8-,20-9+,31-27?,32-28?;. The summed E-state index contributed by atoms with van der Waals surface area (Å²) in [7, 11) is 1.51. The van der Waals surface area contributed by atoms with Gasteiger partial charge in [0, 0.05) is 31.8 Å². The number of hydrogen-bond acceptors (Lipinski definition) is 6. The van der Waals surface area contributed by atoms with E-state index in [1.165, 1.54) is 13.5 Å². The van der Waals surface area contributed by atoms with Gasteiger partial charge in [-0.1, -0.05) is 52.8 Å². The Labute approximate surface area is 251 Å². The lowest BCUT2D eigenvalue weighted by molar-refractivity contribution is -0.141. The maximum Gasteiger partial charge on any atom is 0.259 e. The molecule has 0 spiro atoms. The molecule has 0 aliphatic carbocycles. The van der Waals surface area contributed by atoms with E-state index in [0.717, 1.165) is 24.0 Å². The van der Waals surface area contributed by atoms with Gasteiger partial charge in [-0.15, -0.1) is 0 Å². The van der Waals surface area contributed by atoms with Gasteiger partial charge in [0.1, 0.15) is 23.5 Å². The Morgan fingerprint density at radius 1 is 1.17 bits per heavy atom. The molecule has 230 valence electrons. The summed E-state index contributed by atoms with van der Waals surface area (Å²) in [5.41, 5.74) is 3.27. The van der Waals surface area contributed by atoms with Gasteiger partial charge in [-0.25, -0.2) is 0 Å². The molecule has 0 radical (unpaired) electrons. The molecule has 1 aromatic rings. The summed E-state index contributed by atoms with van der Waals surface area (Å²) in [6.07, 6.45) is 9.01. The lowest BCUT2D eigenvalue weighted by Crippen LogP contribution is -2.42. The third-order valence-corrected chi connectivity index (χ3v) is 7.00. The monoisotopic (exact) mass is 579 g/mol. The normalized spacial score (nSPS) is 16.0. The van der Waals surface area contributed by atoms with Crippen molar-refractivity contribution in [3.8, 4) is 5.75 Å². The number of hydrogen-bond donors (Lipinski definition) is 4. The number of methoxy groups -OCH3 is 1. The highest BCUT2D eigenvalue weighted by atomic mass is 16.5. The van der Waals surface area contributed by atoms with E-state index in [-0.39, 0.29) is 17.7 Å². The van der Waals surface area contributed by atoms with Gasteiger partial charge in [-0.2, -0.15) is 0 Å². The van der Waals surface area contributed by atoms with E-state index in [2.05, 4.69) is 25.7 Å². The van der Waals surface area contributed by atoms with Crippen molar-refractivity contribution in [3.05, 3.63) is 64.9 Å². The number of aliphatic hydroxyl groups excluding tert-OH is 1. The van der Waals surface area contributed by atoms with Gasteiger partial charge < -0.3 is 25.0 Å². The third kappa shape index (κ3) is 9.69. The molecule has 9 heteroatoms. The first-order valence-electron chi connectivity index (χ1n) is 14.9. The molecular weight excluding hydrogens is 530 g/mol. The highest BCUT2D eigenvalue weighted by molar-refractivity contribution is 6.06. The second-order valence-electron chi connectivity index (χ2n) is 11.3. The van der Waals surface area contributed by atoms with E-state index in [1.54, 1.807) is 34.1 Å². The predicted octanol–water partition coefficient (Wildman–Crippen LogP) is 5.59. The van der Waals surface area contributed by atoms with Crippen LogP contribution in [-0.4, -0.2) is 64.7 Å². The van der Waals surface area contributed by atoms with Gasteiger partial charge in [0.05, 0.1) is 12.7 Å². The zero-order chi connectivity index (χ0) is 31.4. The van der Waals surface area contributed by atoms with Crippen molar-refractivity contribution in [3.63, 3.8) is 0 Å². The van der Waals surface area contributed by atoms with Crippen molar-refractivity contribution in [2.45, 2.75) is 85.8 Å². The highest BCUT2D eigenvalue weighted by Crippen LogP contribution is 2.29. The Kier molecular flexibility index (Phi) is 13.7. The number of aliphatic hydroxyl groups is 1. The number of fused-ring (bicyclic) bond motifs is 1. The van der Waals surface area contributed by atoms with Crippen LogP contribution >= 0.6 is 0 Å². The van der Waals surface area contributed by atoms with E-state index in [4.69, 9.17) is 15.6 Å². The number of amides is 2. The molecule has 0 saturated carbocycles. The van der Waals surface area contributed by atoms with Crippen LogP contribution in [0.3, 0.4) is 0 Å². The molecule has 2 aliphatic heterocycles. The van der Waals surface area contributed by atoms with Crippen LogP contribution in [0.4, 0.5) is 0 Å². The fraction of sp³-hybridized carbons (Fsp3) is 0.515. The summed E-state index contributed by atoms with van der Waals surface area (Å²) < 4.78 is 5.49. The second-order valence-corrected chi connectivity index (χ2v) is 11.3. The maximum atomic E-state index is 13.1. The zero-order valence-corrected chi connectivity index (χ0v) is 26.2. The lowest BCUT2D eigenvalue weighted by atomic mass is 9.95. The van der Waals surface area contributed by atoms with Crippen LogP contribution < -0.4 is 10.1 Å². The number of benzene rings is 1. The highest BCUT2D eigenvalue weighted by Gasteiger charge is 2.28. The second kappa shape index (κ2) is 16.7. The van der Waals surface area contributed by atoms with E-state index < -0.39 is 6.10 Å². The van der Waals surface area contributed by atoms with Crippen LogP contribution in [-0.2, 0) is 17.8 Å². The smallest absolute Gasteiger partial charge is 0.259 e. The molecule has 0 aromatic heterocycles. The maximum absolute atomic E-state index is 13.1. The average Bonchev–Trinajstić information content (AvgIpc) is 2.95.